The molecule has 0 aromatic heterocycles. The van der Waals surface area contributed by atoms with Gasteiger partial charge >= 0.3 is 5.97 Å². The highest BCUT2D eigenvalue weighted by Crippen LogP contribution is 2.03. The summed E-state index contributed by atoms with van der Waals surface area (Å²) in [6.07, 6.45) is 5.37. The van der Waals surface area contributed by atoms with Crippen molar-refractivity contribution >= 4 is 5.97 Å². The van der Waals surface area contributed by atoms with Gasteiger partial charge in [-0.05, 0) is 30.5 Å². The number of hydrogen-bond donors (Lipinski definition) is 1. The zero-order chi connectivity index (χ0) is 18.0. The standard InChI is InChI=1S/C10H10O2.C10H14.CH4O/c1-2-8-12-10(11)9-6-4-3-5-7-9;1-2-3-7-10-8-5-4-6-9-10;1-2/h2-7H,1,8H2;4-6,8-9H,2-3,7H2,1H3;2H,1H3. The maximum Gasteiger partial charge on any atom is 0.338 e. The summed E-state index contributed by atoms with van der Waals surface area (Å²) in [5, 5.41) is 7.00. The van der Waals surface area contributed by atoms with Gasteiger partial charge in [-0.15, -0.1) is 0 Å². The zero-order valence-corrected chi connectivity index (χ0v) is 14.7. The second kappa shape index (κ2) is 15.5. The van der Waals surface area contributed by atoms with E-state index in [0.717, 1.165) is 7.11 Å². The zero-order valence-electron chi connectivity index (χ0n) is 14.7. The Labute approximate surface area is 145 Å². The van der Waals surface area contributed by atoms with Gasteiger partial charge in [0.05, 0.1) is 5.56 Å². The molecule has 0 unspecified atom stereocenters. The minimum Gasteiger partial charge on any atom is -0.458 e. The Morgan fingerprint density at radius 2 is 1.58 bits per heavy atom. The van der Waals surface area contributed by atoms with Gasteiger partial charge in [0, 0.05) is 7.11 Å². The topological polar surface area (TPSA) is 46.5 Å². The van der Waals surface area contributed by atoms with Crippen LogP contribution in [0.25, 0.3) is 0 Å². The van der Waals surface area contributed by atoms with Crippen molar-refractivity contribution in [3.05, 3.63) is 84.4 Å². The fourth-order valence-corrected chi connectivity index (χ4v) is 1.82. The first kappa shape index (κ1) is 21.6. The molecular weight excluding hydrogens is 300 g/mol. The number of benzene rings is 2. The molecule has 0 aliphatic carbocycles. The summed E-state index contributed by atoms with van der Waals surface area (Å²) >= 11 is 0. The van der Waals surface area contributed by atoms with E-state index in [9.17, 15) is 4.79 Å². The Hall–Kier alpha value is -2.39. The number of esters is 1. The molecule has 2 aromatic carbocycles. The van der Waals surface area contributed by atoms with E-state index in [4.69, 9.17) is 9.84 Å². The van der Waals surface area contributed by atoms with E-state index in [-0.39, 0.29) is 12.6 Å². The molecule has 0 saturated heterocycles. The molecule has 0 aliphatic heterocycles. The molecule has 0 aliphatic rings. The largest absolute Gasteiger partial charge is 0.458 e. The van der Waals surface area contributed by atoms with E-state index in [1.54, 1.807) is 30.3 Å². The SMILES string of the molecule is C=CCOC(=O)c1ccccc1.CCCCc1ccccc1.CO. The summed E-state index contributed by atoms with van der Waals surface area (Å²) in [6.45, 7) is 5.93. The van der Waals surface area contributed by atoms with Crippen LogP contribution in [-0.2, 0) is 11.2 Å². The van der Waals surface area contributed by atoms with E-state index in [1.807, 2.05) is 6.07 Å². The van der Waals surface area contributed by atoms with Gasteiger partial charge < -0.3 is 9.84 Å². The molecular formula is C21H28O3. The quantitative estimate of drug-likeness (QED) is 0.619. The van der Waals surface area contributed by atoms with Gasteiger partial charge in [0.15, 0.2) is 0 Å². The van der Waals surface area contributed by atoms with Gasteiger partial charge in [-0.3, -0.25) is 0 Å². The summed E-state index contributed by atoms with van der Waals surface area (Å²) < 4.78 is 4.82. The Bertz CT molecular complexity index is 536. The lowest BCUT2D eigenvalue weighted by atomic mass is 10.1. The van der Waals surface area contributed by atoms with Crippen LogP contribution in [0.3, 0.4) is 0 Å². The fourth-order valence-electron chi connectivity index (χ4n) is 1.82. The van der Waals surface area contributed by atoms with Crippen molar-refractivity contribution < 1.29 is 14.6 Å². The van der Waals surface area contributed by atoms with Crippen molar-refractivity contribution in [2.24, 2.45) is 0 Å². The van der Waals surface area contributed by atoms with E-state index < -0.39 is 0 Å². The third-order valence-corrected chi connectivity index (χ3v) is 3.00. The number of rotatable bonds is 6. The first-order chi connectivity index (χ1) is 11.8. The van der Waals surface area contributed by atoms with Crippen molar-refractivity contribution in [2.45, 2.75) is 26.2 Å². The average Bonchev–Trinajstić information content (AvgIpc) is 2.68. The molecule has 3 nitrogen and oxygen atoms in total. The molecule has 1 N–H and O–H groups in total. The third kappa shape index (κ3) is 10.4. The van der Waals surface area contributed by atoms with Crippen LogP contribution < -0.4 is 0 Å². The minimum atomic E-state index is -0.310. The van der Waals surface area contributed by atoms with Crippen LogP contribution in [-0.4, -0.2) is 24.8 Å². The summed E-state index contributed by atoms with van der Waals surface area (Å²) in [5.74, 6) is -0.310. The number of aryl methyl sites for hydroxylation is 1. The molecule has 2 rings (SSSR count). The molecule has 0 fully saturated rings. The second-order valence-electron chi connectivity index (χ2n) is 4.84. The lowest BCUT2D eigenvalue weighted by Crippen LogP contribution is -2.04. The molecule has 0 radical (unpaired) electrons. The average molecular weight is 328 g/mol. The highest BCUT2D eigenvalue weighted by Gasteiger charge is 2.02. The maximum absolute atomic E-state index is 11.1. The molecule has 0 heterocycles. The smallest absolute Gasteiger partial charge is 0.338 e. The number of aliphatic hydroxyl groups is 1. The van der Waals surface area contributed by atoms with Gasteiger partial charge in [0.1, 0.15) is 6.61 Å². The number of aliphatic hydroxyl groups excluding tert-OH is 1. The van der Waals surface area contributed by atoms with Crippen LogP contribution in [0.5, 0.6) is 0 Å². The first-order valence-corrected chi connectivity index (χ1v) is 8.09. The number of unbranched alkanes of at least 4 members (excludes halogenated alkanes) is 1. The highest BCUT2D eigenvalue weighted by atomic mass is 16.5. The monoisotopic (exact) mass is 328 g/mol. The predicted molar refractivity (Wildman–Crippen MR) is 100 cm³/mol. The van der Waals surface area contributed by atoms with Crippen LogP contribution in [0, 0.1) is 0 Å². The van der Waals surface area contributed by atoms with Gasteiger partial charge in [0.2, 0.25) is 0 Å². The van der Waals surface area contributed by atoms with E-state index >= 15 is 0 Å². The number of hydrogen-bond acceptors (Lipinski definition) is 3. The van der Waals surface area contributed by atoms with Crippen LogP contribution >= 0.6 is 0 Å². The van der Waals surface area contributed by atoms with Crippen molar-refractivity contribution in [1.82, 2.24) is 0 Å². The van der Waals surface area contributed by atoms with Gasteiger partial charge in [-0.25, -0.2) is 4.79 Å². The summed E-state index contributed by atoms with van der Waals surface area (Å²) in [7, 11) is 1.00. The lowest BCUT2D eigenvalue weighted by molar-refractivity contribution is 0.0549. The van der Waals surface area contributed by atoms with Crippen LogP contribution in [0.2, 0.25) is 0 Å². The molecule has 0 atom stereocenters. The van der Waals surface area contributed by atoms with Crippen molar-refractivity contribution in [1.29, 1.82) is 0 Å². The molecule has 3 heteroatoms. The van der Waals surface area contributed by atoms with Crippen LogP contribution in [0.1, 0.15) is 35.7 Å². The summed E-state index contributed by atoms with van der Waals surface area (Å²) in [5.41, 5.74) is 2.03. The molecule has 0 spiro atoms. The molecule has 130 valence electrons. The van der Waals surface area contributed by atoms with E-state index in [0.29, 0.717) is 5.56 Å². The van der Waals surface area contributed by atoms with Crippen molar-refractivity contribution in [2.75, 3.05) is 13.7 Å². The van der Waals surface area contributed by atoms with Gasteiger partial charge in [0.25, 0.3) is 0 Å². The molecule has 2 aromatic rings. The number of carbonyl (C=O) groups excluding carboxylic acids is 1. The molecule has 0 saturated carbocycles. The normalized spacial score (nSPS) is 8.79. The highest BCUT2D eigenvalue weighted by molar-refractivity contribution is 5.89. The summed E-state index contributed by atoms with van der Waals surface area (Å²) in [6, 6.07) is 19.5. The van der Waals surface area contributed by atoms with Crippen molar-refractivity contribution in [3.63, 3.8) is 0 Å². The molecule has 0 bridgehead atoms. The lowest BCUT2D eigenvalue weighted by Gasteiger charge is -1.99. The Morgan fingerprint density at radius 3 is 2.08 bits per heavy atom. The van der Waals surface area contributed by atoms with Crippen LogP contribution in [0.4, 0.5) is 0 Å². The Morgan fingerprint density at radius 1 is 1.04 bits per heavy atom. The second-order valence-corrected chi connectivity index (χ2v) is 4.84. The van der Waals surface area contributed by atoms with Crippen LogP contribution in [0.15, 0.2) is 73.3 Å². The number of carbonyl (C=O) groups is 1. The minimum absolute atomic E-state index is 0.258. The summed E-state index contributed by atoms with van der Waals surface area (Å²) in [4.78, 5) is 11.1. The molecule has 0 amide bonds. The Balaban J connectivity index is 0.000000405. The van der Waals surface area contributed by atoms with Gasteiger partial charge in [-0.2, -0.15) is 0 Å². The maximum atomic E-state index is 11.1. The third-order valence-electron chi connectivity index (χ3n) is 3.00. The Kier molecular flexibility index (Phi) is 14.0. The van der Waals surface area contributed by atoms with Gasteiger partial charge in [-0.1, -0.05) is 74.5 Å². The predicted octanol–water partition coefficient (Wildman–Crippen LogP) is 4.67. The van der Waals surface area contributed by atoms with Crippen molar-refractivity contribution in [3.8, 4) is 0 Å². The molecule has 24 heavy (non-hydrogen) atoms. The number of ether oxygens (including phenoxy) is 1. The fraction of sp³-hybridized carbons (Fsp3) is 0.286. The van der Waals surface area contributed by atoms with E-state index in [2.05, 4.69) is 43.8 Å². The van der Waals surface area contributed by atoms with E-state index in [1.165, 1.54) is 24.8 Å². The first-order valence-electron chi connectivity index (χ1n) is 8.09.